The van der Waals surface area contributed by atoms with E-state index in [0.717, 1.165) is 0 Å². The average Bonchev–Trinajstić information content (AvgIpc) is 2.17. The van der Waals surface area contributed by atoms with Gasteiger partial charge in [-0.2, -0.15) is 8.78 Å². The van der Waals surface area contributed by atoms with Crippen molar-refractivity contribution in [3.8, 4) is 0 Å². The van der Waals surface area contributed by atoms with E-state index in [2.05, 4.69) is 31.9 Å². The molecule has 0 aliphatic rings. The van der Waals surface area contributed by atoms with E-state index < -0.39 is 17.2 Å². The molecule has 0 bridgehead atoms. The Morgan fingerprint density at radius 2 is 1.53 bits per heavy atom. The van der Waals surface area contributed by atoms with Crippen molar-refractivity contribution in [3.63, 3.8) is 0 Å². The van der Waals surface area contributed by atoms with Gasteiger partial charge in [0.1, 0.15) is 4.83 Å². The van der Waals surface area contributed by atoms with Gasteiger partial charge in [-0.1, -0.05) is 44.0 Å². The van der Waals surface area contributed by atoms with Crippen LogP contribution in [0.25, 0.3) is 0 Å². The van der Waals surface area contributed by atoms with E-state index in [-0.39, 0.29) is 5.56 Å². The van der Waals surface area contributed by atoms with Crippen molar-refractivity contribution in [1.82, 2.24) is 0 Å². The van der Waals surface area contributed by atoms with E-state index in [0.29, 0.717) is 4.47 Å². The van der Waals surface area contributed by atoms with Gasteiger partial charge in [0.25, 0.3) is 0 Å². The molecule has 0 saturated carbocycles. The molecule has 0 saturated heterocycles. The van der Waals surface area contributed by atoms with Crippen LogP contribution >= 0.6 is 31.9 Å². The zero-order chi connectivity index (χ0) is 11.6. The summed E-state index contributed by atoms with van der Waals surface area (Å²) >= 11 is 5.71. The van der Waals surface area contributed by atoms with Crippen LogP contribution in [-0.2, 0) is 0 Å². The molecule has 6 heteroatoms. The monoisotopic (exact) mass is 348 g/mol. The van der Waals surface area contributed by atoms with E-state index in [1.54, 1.807) is 0 Å². The fraction of sp³-hybridized carbons (Fsp3) is 0.333. The molecule has 0 radical (unpaired) electrons. The molecular formula is C9H6Br2F4. The maximum Gasteiger partial charge on any atom is 0.323 e. The third-order valence-electron chi connectivity index (χ3n) is 1.79. The van der Waals surface area contributed by atoms with Crippen molar-refractivity contribution < 1.29 is 17.6 Å². The third-order valence-corrected chi connectivity index (χ3v) is 3.46. The Hall–Kier alpha value is -0.100. The Morgan fingerprint density at radius 3 is 1.93 bits per heavy atom. The number of benzene rings is 1. The van der Waals surface area contributed by atoms with Crippen LogP contribution in [0.2, 0.25) is 0 Å². The van der Waals surface area contributed by atoms with Crippen LogP contribution in [0.3, 0.4) is 0 Å². The molecule has 0 spiro atoms. The van der Waals surface area contributed by atoms with Crippen molar-refractivity contribution in [2.45, 2.75) is 17.2 Å². The summed E-state index contributed by atoms with van der Waals surface area (Å²) in [5.74, 6) is -4.08. The molecule has 1 unspecified atom stereocenters. The van der Waals surface area contributed by atoms with Gasteiger partial charge in [-0.05, 0) is 17.7 Å². The molecular weight excluding hydrogens is 344 g/mol. The van der Waals surface area contributed by atoms with Gasteiger partial charge < -0.3 is 0 Å². The number of hydrogen-bond donors (Lipinski definition) is 0. The van der Waals surface area contributed by atoms with E-state index in [1.807, 2.05) is 0 Å². The first-order valence-corrected chi connectivity index (χ1v) is 5.62. The van der Waals surface area contributed by atoms with Crippen LogP contribution in [0.5, 0.6) is 0 Å². The summed E-state index contributed by atoms with van der Waals surface area (Å²) in [6.07, 6.45) is -3.69. The Bertz CT molecular complexity index is 323. The van der Waals surface area contributed by atoms with Crippen LogP contribution in [0.15, 0.2) is 28.7 Å². The van der Waals surface area contributed by atoms with Gasteiger partial charge >= 0.3 is 12.3 Å². The second kappa shape index (κ2) is 4.82. The summed E-state index contributed by atoms with van der Waals surface area (Å²) in [6, 6.07) is 5.76. The molecule has 0 amide bonds. The highest BCUT2D eigenvalue weighted by Gasteiger charge is 2.48. The van der Waals surface area contributed by atoms with Gasteiger partial charge in [0.05, 0.1) is 0 Å². The molecule has 1 aromatic carbocycles. The minimum atomic E-state index is -4.08. The fourth-order valence-electron chi connectivity index (χ4n) is 0.965. The maximum atomic E-state index is 12.9. The van der Waals surface area contributed by atoms with E-state index in [1.165, 1.54) is 24.3 Å². The molecule has 1 atom stereocenters. The molecule has 0 heterocycles. The first-order valence-electron chi connectivity index (χ1n) is 3.91. The molecule has 0 aliphatic heterocycles. The second-order valence-electron chi connectivity index (χ2n) is 2.89. The molecule has 0 aliphatic carbocycles. The first-order chi connectivity index (χ1) is 6.85. The molecule has 0 nitrogen and oxygen atoms in total. The standard InChI is InChI=1S/C9H6Br2F4/c10-6-3-1-5(2-4-6)7(11)9(14,15)8(12)13/h1-4,7-8H. The van der Waals surface area contributed by atoms with Crippen LogP contribution in [0.4, 0.5) is 17.6 Å². The Balaban J connectivity index is 2.94. The van der Waals surface area contributed by atoms with Crippen LogP contribution in [0, 0.1) is 0 Å². The Morgan fingerprint density at radius 1 is 1.07 bits per heavy atom. The van der Waals surface area contributed by atoms with Gasteiger partial charge in [-0.3, -0.25) is 0 Å². The lowest BCUT2D eigenvalue weighted by Gasteiger charge is -2.21. The van der Waals surface area contributed by atoms with Crippen molar-refractivity contribution in [2.24, 2.45) is 0 Å². The zero-order valence-corrected chi connectivity index (χ0v) is 10.4. The zero-order valence-electron chi connectivity index (χ0n) is 7.23. The number of halogens is 6. The van der Waals surface area contributed by atoms with E-state index in [4.69, 9.17) is 0 Å². The van der Waals surface area contributed by atoms with Gasteiger partial charge in [0, 0.05) is 4.47 Å². The molecule has 84 valence electrons. The Kier molecular flexibility index (Phi) is 4.17. The first kappa shape index (κ1) is 13.0. The smallest absolute Gasteiger partial charge is 0.204 e. The van der Waals surface area contributed by atoms with E-state index in [9.17, 15) is 17.6 Å². The maximum absolute atomic E-state index is 12.9. The lowest BCUT2D eigenvalue weighted by atomic mass is 10.1. The highest BCUT2D eigenvalue weighted by molar-refractivity contribution is 9.10. The molecule has 15 heavy (non-hydrogen) atoms. The highest BCUT2D eigenvalue weighted by Crippen LogP contribution is 2.42. The van der Waals surface area contributed by atoms with Gasteiger partial charge in [0.15, 0.2) is 0 Å². The molecule has 1 aromatic rings. The molecule has 0 aromatic heterocycles. The lowest BCUT2D eigenvalue weighted by Crippen LogP contribution is -2.31. The minimum absolute atomic E-state index is 0.114. The molecule has 0 fully saturated rings. The quantitative estimate of drug-likeness (QED) is 0.544. The largest absolute Gasteiger partial charge is 0.323 e. The number of rotatable bonds is 3. The van der Waals surface area contributed by atoms with Gasteiger partial charge in [0.2, 0.25) is 0 Å². The van der Waals surface area contributed by atoms with Crippen LogP contribution < -0.4 is 0 Å². The summed E-state index contributed by atoms with van der Waals surface area (Å²) < 4.78 is 50.6. The Labute approximate surface area is 101 Å². The number of hydrogen-bond acceptors (Lipinski definition) is 0. The molecule has 0 N–H and O–H groups in total. The summed E-state index contributed by atoms with van der Waals surface area (Å²) in [6.45, 7) is 0. The normalized spacial score (nSPS) is 14.3. The van der Waals surface area contributed by atoms with Gasteiger partial charge in [-0.15, -0.1) is 0 Å². The van der Waals surface area contributed by atoms with E-state index >= 15 is 0 Å². The molecule has 1 rings (SSSR count). The van der Waals surface area contributed by atoms with Gasteiger partial charge in [-0.25, -0.2) is 8.78 Å². The van der Waals surface area contributed by atoms with Crippen molar-refractivity contribution in [1.29, 1.82) is 0 Å². The third kappa shape index (κ3) is 2.93. The SMILES string of the molecule is FC(F)C(F)(F)C(Br)c1ccc(Br)cc1. The summed E-state index contributed by atoms with van der Waals surface area (Å²) in [7, 11) is 0. The highest BCUT2D eigenvalue weighted by atomic mass is 79.9. The lowest BCUT2D eigenvalue weighted by molar-refractivity contribution is -0.127. The van der Waals surface area contributed by atoms with Crippen LogP contribution in [-0.4, -0.2) is 12.3 Å². The summed E-state index contributed by atoms with van der Waals surface area (Å²) in [5.41, 5.74) is 0.114. The van der Waals surface area contributed by atoms with Crippen molar-refractivity contribution >= 4 is 31.9 Å². The second-order valence-corrected chi connectivity index (χ2v) is 4.72. The fourth-order valence-corrected chi connectivity index (χ4v) is 1.73. The topological polar surface area (TPSA) is 0 Å². The summed E-state index contributed by atoms with van der Waals surface area (Å²) in [5, 5.41) is 0. The number of alkyl halides is 5. The summed E-state index contributed by atoms with van der Waals surface area (Å²) in [4.78, 5) is -1.68. The predicted molar refractivity (Wildman–Crippen MR) is 56.8 cm³/mol. The van der Waals surface area contributed by atoms with Crippen molar-refractivity contribution in [3.05, 3.63) is 34.3 Å². The predicted octanol–water partition coefficient (Wildman–Crippen LogP) is 4.79. The van der Waals surface area contributed by atoms with Crippen LogP contribution in [0.1, 0.15) is 10.4 Å². The minimum Gasteiger partial charge on any atom is -0.204 e. The average molecular weight is 350 g/mol. The van der Waals surface area contributed by atoms with Crippen molar-refractivity contribution in [2.75, 3.05) is 0 Å².